The normalized spacial score (nSPS) is 22.5. The molecule has 10 nitrogen and oxygen atoms in total. The minimum atomic E-state index is -0.959. The van der Waals surface area contributed by atoms with Crippen molar-refractivity contribution in [3.8, 4) is 11.1 Å². The number of ether oxygens (including phenoxy) is 1. The molecule has 0 radical (unpaired) electrons. The van der Waals surface area contributed by atoms with E-state index >= 15 is 0 Å². The van der Waals surface area contributed by atoms with Crippen LogP contribution in [0.25, 0.3) is 11.1 Å². The number of rotatable bonds is 4. The lowest BCUT2D eigenvalue weighted by Crippen LogP contribution is -2.33. The quantitative estimate of drug-likeness (QED) is 0.475. The molecule has 11 heteroatoms. The Morgan fingerprint density at radius 2 is 2.12 bits per heavy atom. The number of aromatic nitrogens is 2. The molecule has 1 saturated heterocycles. The highest BCUT2D eigenvalue weighted by Gasteiger charge is 2.35. The number of aliphatic hydroxyl groups excluding tert-OH is 2. The molecule has 1 aliphatic rings. The third-order valence-electron chi connectivity index (χ3n) is 4.07. The first kappa shape index (κ1) is 18.5. The van der Waals surface area contributed by atoms with Crippen molar-refractivity contribution in [2.75, 3.05) is 6.61 Å². The van der Waals surface area contributed by atoms with Crippen molar-refractivity contribution in [2.45, 2.75) is 24.9 Å². The molecule has 3 rings (SSSR count). The summed E-state index contributed by atoms with van der Waals surface area (Å²) in [6.45, 7) is -0.416. The molecular formula is C15H14BrN3O7. The number of aliphatic hydroxyl groups is 2. The van der Waals surface area contributed by atoms with Gasteiger partial charge in [-0.1, -0.05) is 15.9 Å². The van der Waals surface area contributed by atoms with Gasteiger partial charge in [0.2, 0.25) is 0 Å². The summed E-state index contributed by atoms with van der Waals surface area (Å²) in [6, 6.07) is 4.01. The van der Waals surface area contributed by atoms with Gasteiger partial charge in [0.15, 0.2) is 0 Å². The van der Waals surface area contributed by atoms with E-state index in [4.69, 9.17) is 9.84 Å². The largest absolute Gasteiger partial charge is 0.394 e. The second-order valence-corrected chi connectivity index (χ2v) is 6.70. The summed E-state index contributed by atoms with van der Waals surface area (Å²) >= 11 is 3.16. The van der Waals surface area contributed by atoms with Crippen molar-refractivity contribution in [3.05, 3.63) is 59.8 Å². The van der Waals surface area contributed by atoms with Crippen LogP contribution < -0.4 is 11.2 Å². The SMILES string of the molecule is O=c1[nH]c(=O)n([C@H]2C[C@H](O)[C@@H](CO)O2)cc1-c1cc(Br)cc([N+](=O)[O-])c1. The fourth-order valence-electron chi connectivity index (χ4n) is 2.79. The monoisotopic (exact) mass is 427 g/mol. The van der Waals surface area contributed by atoms with E-state index in [2.05, 4.69) is 20.9 Å². The standard InChI is InChI=1S/C15H14BrN3O7/c16-8-1-7(2-9(3-8)19(24)25)10-5-18(15(23)17-14(10)22)13-4-11(21)12(6-20)26-13/h1-3,5,11-13,20-21H,4,6H2,(H,17,22,23)/t11-,12+,13+/m0/s1. The van der Waals surface area contributed by atoms with Gasteiger partial charge in [-0.05, 0) is 11.6 Å². The molecule has 2 heterocycles. The average Bonchev–Trinajstić information content (AvgIpc) is 2.94. The van der Waals surface area contributed by atoms with Gasteiger partial charge >= 0.3 is 5.69 Å². The van der Waals surface area contributed by atoms with Gasteiger partial charge in [-0.2, -0.15) is 0 Å². The minimum Gasteiger partial charge on any atom is -0.394 e. The van der Waals surface area contributed by atoms with Crippen LogP contribution >= 0.6 is 15.9 Å². The van der Waals surface area contributed by atoms with Crippen LogP contribution in [0.2, 0.25) is 0 Å². The summed E-state index contributed by atoms with van der Waals surface area (Å²) in [4.78, 5) is 36.9. The molecule has 138 valence electrons. The van der Waals surface area contributed by atoms with Crippen molar-refractivity contribution in [3.63, 3.8) is 0 Å². The van der Waals surface area contributed by atoms with Crippen LogP contribution in [0.1, 0.15) is 12.6 Å². The second-order valence-electron chi connectivity index (χ2n) is 5.78. The Kier molecular flexibility index (Phi) is 5.05. The Balaban J connectivity index is 2.09. The molecule has 0 saturated carbocycles. The smallest absolute Gasteiger partial charge is 0.330 e. The molecule has 1 aliphatic heterocycles. The number of nitro groups is 1. The number of H-pyrrole nitrogens is 1. The van der Waals surface area contributed by atoms with E-state index in [0.29, 0.717) is 4.47 Å². The van der Waals surface area contributed by atoms with Crippen molar-refractivity contribution >= 4 is 21.6 Å². The zero-order chi connectivity index (χ0) is 19.0. The maximum atomic E-state index is 12.2. The van der Waals surface area contributed by atoms with Crippen LogP contribution in [-0.4, -0.2) is 43.5 Å². The van der Waals surface area contributed by atoms with Crippen molar-refractivity contribution in [1.82, 2.24) is 9.55 Å². The van der Waals surface area contributed by atoms with Crippen molar-refractivity contribution in [1.29, 1.82) is 0 Å². The van der Waals surface area contributed by atoms with Crippen LogP contribution in [0, 0.1) is 10.1 Å². The fraction of sp³-hybridized carbons (Fsp3) is 0.333. The molecule has 0 bridgehead atoms. The summed E-state index contributed by atoms with van der Waals surface area (Å²) in [5.41, 5.74) is -1.42. The lowest BCUT2D eigenvalue weighted by Gasteiger charge is -2.15. The number of nitrogens with zero attached hydrogens (tertiary/aromatic N) is 2. The summed E-state index contributed by atoms with van der Waals surface area (Å²) in [7, 11) is 0. The maximum absolute atomic E-state index is 12.2. The lowest BCUT2D eigenvalue weighted by molar-refractivity contribution is -0.384. The van der Waals surface area contributed by atoms with Gasteiger partial charge in [0.1, 0.15) is 12.3 Å². The molecule has 1 aromatic carbocycles. The van der Waals surface area contributed by atoms with E-state index in [1.165, 1.54) is 24.4 Å². The molecule has 3 atom stereocenters. The molecule has 1 fully saturated rings. The number of aromatic amines is 1. The van der Waals surface area contributed by atoms with Gasteiger partial charge in [0.05, 0.1) is 23.2 Å². The molecule has 0 amide bonds. The first-order valence-corrected chi connectivity index (χ1v) is 8.34. The molecule has 3 N–H and O–H groups in total. The molecule has 1 aromatic heterocycles. The van der Waals surface area contributed by atoms with E-state index in [-0.39, 0.29) is 23.2 Å². The zero-order valence-electron chi connectivity index (χ0n) is 13.2. The third kappa shape index (κ3) is 3.46. The Labute approximate surface area is 154 Å². The van der Waals surface area contributed by atoms with Crippen LogP contribution in [0.4, 0.5) is 5.69 Å². The van der Waals surface area contributed by atoms with Gasteiger partial charge < -0.3 is 14.9 Å². The van der Waals surface area contributed by atoms with Crippen LogP contribution in [-0.2, 0) is 4.74 Å². The number of nitrogens with one attached hydrogen (secondary N) is 1. The fourth-order valence-corrected chi connectivity index (χ4v) is 3.27. The van der Waals surface area contributed by atoms with E-state index < -0.39 is 41.2 Å². The Morgan fingerprint density at radius 3 is 2.73 bits per heavy atom. The Morgan fingerprint density at radius 1 is 1.38 bits per heavy atom. The summed E-state index contributed by atoms with van der Waals surface area (Å²) in [5, 5.41) is 30.0. The van der Waals surface area contributed by atoms with Crippen LogP contribution in [0.15, 0.2) is 38.5 Å². The first-order valence-electron chi connectivity index (χ1n) is 7.55. The highest BCUT2D eigenvalue weighted by atomic mass is 79.9. The Hall–Kier alpha value is -2.34. The Bertz CT molecular complexity index is 970. The molecule has 0 spiro atoms. The van der Waals surface area contributed by atoms with E-state index in [1.54, 1.807) is 0 Å². The molecule has 0 unspecified atom stereocenters. The van der Waals surface area contributed by atoms with Gasteiger partial charge in [-0.25, -0.2) is 4.79 Å². The van der Waals surface area contributed by atoms with Crippen molar-refractivity contribution in [2.24, 2.45) is 0 Å². The summed E-state index contributed by atoms with van der Waals surface area (Å²) < 4.78 is 6.91. The van der Waals surface area contributed by atoms with E-state index in [9.17, 15) is 24.8 Å². The van der Waals surface area contributed by atoms with Gasteiger partial charge in [0, 0.05) is 29.2 Å². The minimum absolute atomic E-state index is 0.0274. The number of hydrogen-bond donors (Lipinski definition) is 3. The third-order valence-corrected chi connectivity index (χ3v) is 4.52. The van der Waals surface area contributed by atoms with Crippen molar-refractivity contribution < 1.29 is 19.9 Å². The molecule has 2 aromatic rings. The summed E-state index contributed by atoms with van der Waals surface area (Å²) in [6.07, 6.45) is -1.40. The molecular weight excluding hydrogens is 414 g/mol. The van der Waals surface area contributed by atoms with Gasteiger partial charge in [-0.15, -0.1) is 0 Å². The topological polar surface area (TPSA) is 148 Å². The number of halogens is 1. The summed E-state index contributed by atoms with van der Waals surface area (Å²) in [5.74, 6) is 0. The van der Waals surface area contributed by atoms with E-state index in [1.807, 2.05) is 0 Å². The second kappa shape index (κ2) is 7.11. The average molecular weight is 428 g/mol. The van der Waals surface area contributed by atoms with E-state index in [0.717, 1.165) is 4.57 Å². The predicted octanol–water partition coefficient (Wildman–Crippen LogP) is 0.515. The van der Waals surface area contributed by atoms with Gasteiger partial charge in [0.25, 0.3) is 11.2 Å². The van der Waals surface area contributed by atoms with Crippen LogP contribution in [0.3, 0.4) is 0 Å². The number of non-ortho nitro benzene ring substituents is 1. The number of hydrogen-bond acceptors (Lipinski definition) is 7. The predicted molar refractivity (Wildman–Crippen MR) is 92.7 cm³/mol. The molecule has 26 heavy (non-hydrogen) atoms. The highest BCUT2D eigenvalue weighted by Crippen LogP contribution is 2.30. The number of benzene rings is 1. The van der Waals surface area contributed by atoms with Gasteiger partial charge in [-0.3, -0.25) is 24.5 Å². The first-order chi connectivity index (χ1) is 12.3. The maximum Gasteiger partial charge on any atom is 0.330 e. The zero-order valence-corrected chi connectivity index (χ0v) is 14.7. The number of nitro benzene ring substituents is 1. The molecule has 0 aliphatic carbocycles. The lowest BCUT2D eigenvalue weighted by atomic mass is 10.1. The van der Waals surface area contributed by atoms with Crippen LogP contribution in [0.5, 0.6) is 0 Å². The highest BCUT2D eigenvalue weighted by molar-refractivity contribution is 9.10.